The summed E-state index contributed by atoms with van der Waals surface area (Å²) in [4.78, 5) is 0. The molecule has 0 spiro atoms. The van der Waals surface area contributed by atoms with Gasteiger partial charge in [-0.05, 0) is 6.07 Å². The highest BCUT2D eigenvalue weighted by Gasteiger charge is 1.98. The van der Waals surface area contributed by atoms with E-state index in [1.807, 2.05) is 24.3 Å². The monoisotopic (exact) mass is 271 g/mol. The Labute approximate surface area is 83.7 Å². The van der Waals surface area contributed by atoms with Crippen molar-refractivity contribution in [3.63, 3.8) is 0 Å². The van der Waals surface area contributed by atoms with Crippen LogP contribution in [0.2, 0.25) is 0 Å². The lowest BCUT2D eigenvalue weighted by Crippen LogP contribution is -1.87. The summed E-state index contributed by atoms with van der Waals surface area (Å²) in [7, 11) is 0. The minimum atomic E-state index is 0.916. The number of fused-ring (bicyclic) bond motifs is 1. The number of anilines is 1. The first kappa shape index (κ1) is 7.72. The predicted octanol–water partition coefficient (Wildman–Crippen LogP) is 2.39. The second-order valence-electron chi connectivity index (χ2n) is 2.37. The van der Waals surface area contributed by atoms with Crippen LogP contribution in [0.4, 0.5) is 5.69 Å². The maximum Gasteiger partial charge on any atom is 0.0950 e. The van der Waals surface area contributed by atoms with E-state index in [2.05, 4.69) is 36.6 Å². The summed E-state index contributed by atoms with van der Waals surface area (Å²) in [5.74, 6) is 0. The lowest BCUT2D eigenvalue weighted by atomic mass is 10.2. The van der Waals surface area contributed by atoms with Gasteiger partial charge >= 0.3 is 0 Å². The summed E-state index contributed by atoms with van der Waals surface area (Å²) in [5, 5.41) is 8.96. The highest BCUT2D eigenvalue weighted by molar-refractivity contribution is 14.1. The van der Waals surface area contributed by atoms with Gasteiger partial charge in [0.05, 0.1) is 40.3 Å². The fourth-order valence-corrected chi connectivity index (χ4v) is 1.51. The van der Waals surface area contributed by atoms with E-state index in [0.717, 1.165) is 16.6 Å². The van der Waals surface area contributed by atoms with Gasteiger partial charge in [-0.2, -0.15) is 10.2 Å². The van der Waals surface area contributed by atoms with Gasteiger partial charge in [0.2, 0.25) is 0 Å². The van der Waals surface area contributed by atoms with Crippen LogP contribution < -0.4 is 3.53 Å². The van der Waals surface area contributed by atoms with Crippen molar-refractivity contribution in [2.75, 3.05) is 3.53 Å². The molecule has 2 aromatic rings. The topological polar surface area (TPSA) is 37.8 Å². The zero-order chi connectivity index (χ0) is 8.39. The van der Waals surface area contributed by atoms with Crippen LogP contribution in [0.25, 0.3) is 10.9 Å². The van der Waals surface area contributed by atoms with Crippen LogP contribution in [0.3, 0.4) is 0 Å². The lowest BCUT2D eigenvalue weighted by molar-refractivity contribution is 1.08. The first-order valence-electron chi connectivity index (χ1n) is 3.49. The van der Waals surface area contributed by atoms with Crippen molar-refractivity contribution in [3.8, 4) is 0 Å². The van der Waals surface area contributed by atoms with Crippen LogP contribution in [0, 0.1) is 0 Å². The summed E-state index contributed by atoms with van der Waals surface area (Å²) in [6.07, 6.45) is 1.72. The molecule has 0 unspecified atom stereocenters. The zero-order valence-corrected chi connectivity index (χ0v) is 8.32. The van der Waals surface area contributed by atoms with Gasteiger partial charge in [0.1, 0.15) is 0 Å². The van der Waals surface area contributed by atoms with Crippen molar-refractivity contribution < 1.29 is 0 Å². The summed E-state index contributed by atoms with van der Waals surface area (Å²) >= 11 is 2.08. The fourth-order valence-electron chi connectivity index (χ4n) is 1.08. The zero-order valence-electron chi connectivity index (χ0n) is 6.16. The quantitative estimate of drug-likeness (QED) is 0.639. The molecule has 1 aromatic heterocycles. The van der Waals surface area contributed by atoms with Gasteiger partial charge in [0.15, 0.2) is 0 Å². The van der Waals surface area contributed by atoms with Gasteiger partial charge in [0, 0.05) is 5.39 Å². The summed E-state index contributed by atoms with van der Waals surface area (Å²) in [5.41, 5.74) is 1.92. The molecule has 0 aliphatic rings. The third kappa shape index (κ3) is 1.22. The van der Waals surface area contributed by atoms with Gasteiger partial charge in [0.25, 0.3) is 0 Å². The Kier molecular flexibility index (Phi) is 2.07. The lowest BCUT2D eigenvalue weighted by Gasteiger charge is -2.00. The minimum Gasteiger partial charge on any atom is -0.326 e. The van der Waals surface area contributed by atoms with Crippen LogP contribution >= 0.6 is 22.9 Å². The average molecular weight is 271 g/mol. The van der Waals surface area contributed by atoms with Crippen molar-refractivity contribution in [3.05, 3.63) is 30.5 Å². The molecule has 2 rings (SSSR count). The molecule has 1 N–H and O–H groups in total. The molecule has 0 aliphatic carbocycles. The summed E-state index contributed by atoms with van der Waals surface area (Å²) in [6.45, 7) is 0. The molecule has 0 fully saturated rings. The number of nitrogens with one attached hydrogen (secondary N) is 1. The Morgan fingerprint density at radius 3 is 2.92 bits per heavy atom. The van der Waals surface area contributed by atoms with E-state index in [4.69, 9.17) is 0 Å². The third-order valence-corrected chi connectivity index (χ3v) is 2.23. The van der Waals surface area contributed by atoms with Crippen molar-refractivity contribution >= 4 is 39.5 Å². The molecular formula is C8H6IN3. The van der Waals surface area contributed by atoms with Crippen molar-refractivity contribution in [2.24, 2.45) is 0 Å². The molecule has 0 saturated carbocycles. The van der Waals surface area contributed by atoms with Crippen molar-refractivity contribution in [1.29, 1.82) is 0 Å². The normalized spacial score (nSPS) is 10.1. The predicted molar refractivity (Wildman–Crippen MR) is 57.2 cm³/mol. The standard InChI is InChI=1S/C8H6IN3/c9-11-8-5-10-12-7-4-2-1-3-6(7)8/h1-5H,(H,11,12). The highest BCUT2D eigenvalue weighted by atomic mass is 127. The van der Waals surface area contributed by atoms with E-state index >= 15 is 0 Å². The molecule has 0 amide bonds. The molecule has 0 atom stereocenters. The maximum atomic E-state index is 4.00. The SMILES string of the molecule is INc1cnnc2ccccc12. The molecule has 60 valence electrons. The molecule has 1 heterocycles. The van der Waals surface area contributed by atoms with Gasteiger partial charge in [-0.15, -0.1) is 0 Å². The molecule has 0 aliphatic heterocycles. The number of hydrogen-bond acceptors (Lipinski definition) is 3. The smallest absolute Gasteiger partial charge is 0.0950 e. The number of benzene rings is 1. The van der Waals surface area contributed by atoms with Crippen molar-refractivity contribution in [2.45, 2.75) is 0 Å². The number of hydrogen-bond donors (Lipinski definition) is 1. The Bertz CT molecular complexity index is 397. The second kappa shape index (κ2) is 3.22. The van der Waals surface area contributed by atoms with Crippen LogP contribution in [0.5, 0.6) is 0 Å². The van der Waals surface area contributed by atoms with E-state index < -0.39 is 0 Å². The molecule has 3 nitrogen and oxygen atoms in total. The number of aromatic nitrogens is 2. The largest absolute Gasteiger partial charge is 0.326 e. The third-order valence-electron chi connectivity index (χ3n) is 1.65. The Morgan fingerprint density at radius 2 is 2.08 bits per heavy atom. The summed E-state index contributed by atoms with van der Waals surface area (Å²) in [6, 6.07) is 7.90. The molecular weight excluding hydrogens is 265 g/mol. The van der Waals surface area contributed by atoms with E-state index in [-0.39, 0.29) is 0 Å². The molecule has 0 radical (unpaired) electrons. The number of rotatable bonds is 1. The molecule has 4 heteroatoms. The van der Waals surface area contributed by atoms with Gasteiger partial charge in [-0.25, -0.2) is 0 Å². The van der Waals surface area contributed by atoms with E-state index in [1.165, 1.54) is 0 Å². The minimum absolute atomic E-state index is 0.916. The second-order valence-corrected chi connectivity index (χ2v) is 2.91. The van der Waals surface area contributed by atoms with Gasteiger partial charge in [-0.1, -0.05) is 18.2 Å². The van der Waals surface area contributed by atoms with Crippen LogP contribution in [-0.2, 0) is 0 Å². The highest BCUT2D eigenvalue weighted by Crippen LogP contribution is 2.20. The Balaban J connectivity index is 2.79. The first-order valence-corrected chi connectivity index (χ1v) is 4.57. The van der Waals surface area contributed by atoms with Gasteiger partial charge in [-0.3, -0.25) is 0 Å². The van der Waals surface area contributed by atoms with Gasteiger partial charge < -0.3 is 3.53 Å². The molecule has 1 aromatic carbocycles. The first-order chi connectivity index (χ1) is 5.92. The number of nitrogens with zero attached hydrogens (tertiary/aromatic N) is 2. The van der Waals surface area contributed by atoms with E-state index in [1.54, 1.807) is 6.20 Å². The van der Waals surface area contributed by atoms with Crippen LogP contribution in [-0.4, -0.2) is 10.2 Å². The summed E-state index contributed by atoms with van der Waals surface area (Å²) < 4.78 is 3.04. The van der Waals surface area contributed by atoms with Crippen molar-refractivity contribution in [1.82, 2.24) is 10.2 Å². The molecule has 12 heavy (non-hydrogen) atoms. The molecule has 0 saturated heterocycles. The number of halogens is 1. The van der Waals surface area contributed by atoms with Crippen LogP contribution in [0.15, 0.2) is 30.5 Å². The average Bonchev–Trinajstić information content (AvgIpc) is 2.17. The van der Waals surface area contributed by atoms with E-state index in [0.29, 0.717) is 0 Å². The fraction of sp³-hybridized carbons (Fsp3) is 0. The Morgan fingerprint density at radius 1 is 1.25 bits per heavy atom. The van der Waals surface area contributed by atoms with E-state index in [9.17, 15) is 0 Å². The maximum absolute atomic E-state index is 4.00. The van der Waals surface area contributed by atoms with Crippen LogP contribution in [0.1, 0.15) is 0 Å². The molecule has 0 bridgehead atoms. The Hall–Kier alpha value is -0.910.